The number of furan rings is 1. The second kappa shape index (κ2) is 12.0. The smallest absolute Gasteiger partial charge is 0.291 e. The van der Waals surface area contributed by atoms with Gasteiger partial charge in [0.2, 0.25) is 0 Å². The zero-order valence-corrected chi connectivity index (χ0v) is 17.4. The summed E-state index contributed by atoms with van der Waals surface area (Å²) in [6.45, 7) is 4.54. The number of guanidine groups is 1. The van der Waals surface area contributed by atoms with Crippen LogP contribution < -0.4 is 16.0 Å². The Morgan fingerprint density at radius 3 is 2.97 bits per heavy atom. The highest BCUT2D eigenvalue weighted by Crippen LogP contribution is 2.13. The number of benzene rings is 1. The highest BCUT2D eigenvalue weighted by molar-refractivity contribution is 6.02. The molecule has 3 rings (SSSR count). The van der Waals surface area contributed by atoms with Gasteiger partial charge in [-0.3, -0.25) is 9.79 Å². The van der Waals surface area contributed by atoms with Crippen molar-refractivity contribution in [2.75, 3.05) is 45.3 Å². The van der Waals surface area contributed by atoms with Crippen LogP contribution >= 0.6 is 0 Å². The van der Waals surface area contributed by atoms with Gasteiger partial charge < -0.3 is 29.8 Å². The molecule has 2 aromatic rings. The molecule has 0 radical (unpaired) electrons. The molecule has 1 fully saturated rings. The Labute approximate surface area is 177 Å². The number of rotatable bonds is 10. The molecule has 1 amide bonds. The molecule has 1 aromatic heterocycles. The van der Waals surface area contributed by atoms with Gasteiger partial charge in [0.25, 0.3) is 5.91 Å². The number of carbonyl (C=O) groups excluding carboxylic acids is 1. The van der Waals surface area contributed by atoms with Crippen LogP contribution in [0.15, 0.2) is 52.1 Å². The number of aliphatic imine (C=N–C) groups is 1. The van der Waals surface area contributed by atoms with Crippen LogP contribution in [0, 0.1) is 5.92 Å². The van der Waals surface area contributed by atoms with Gasteiger partial charge in [0.1, 0.15) is 0 Å². The second-order valence-corrected chi connectivity index (χ2v) is 7.14. The van der Waals surface area contributed by atoms with E-state index in [-0.39, 0.29) is 11.7 Å². The van der Waals surface area contributed by atoms with E-state index >= 15 is 0 Å². The number of amides is 1. The molecule has 3 N–H and O–H groups in total. The molecule has 1 unspecified atom stereocenters. The normalized spacial score (nSPS) is 16.4. The van der Waals surface area contributed by atoms with Gasteiger partial charge in [-0.2, -0.15) is 0 Å². The highest BCUT2D eigenvalue weighted by atomic mass is 16.5. The average Bonchev–Trinajstić information content (AvgIpc) is 3.47. The lowest BCUT2D eigenvalue weighted by molar-refractivity contribution is 0.0888. The maximum atomic E-state index is 12.1. The molecule has 1 aromatic carbocycles. The predicted octanol–water partition coefficient (Wildman–Crippen LogP) is 2.64. The minimum atomic E-state index is -0.273. The van der Waals surface area contributed by atoms with Crippen molar-refractivity contribution in [1.82, 2.24) is 10.6 Å². The van der Waals surface area contributed by atoms with E-state index in [1.807, 2.05) is 24.3 Å². The number of nitrogens with one attached hydrogen (secondary N) is 3. The molecule has 8 heteroatoms. The maximum absolute atomic E-state index is 12.1. The summed E-state index contributed by atoms with van der Waals surface area (Å²) in [7, 11) is 1.74. The van der Waals surface area contributed by atoms with Gasteiger partial charge in [-0.15, -0.1) is 0 Å². The molecule has 1 saturated heterocycles. The Bertz CT molecular complexity index is 801. The van der Waals surface area contributed by atoms with Crippen molar-refractivity contribution in [2.24, 2.45) is 10.9 Å². The molecular formula is C22H30N4O4. The first-order valence-electron chi connectivity index (χ1n) is 10.3. The zero-order chi connectivity index (χ0) is 21.0. The summed E-state index contributed by atoms with van der Waals surface area (Å²) < 4.78 is 16.2. The summed E-state index contributed by atoms with van der Waals surface area (Å²) in [6, 6.07) is 11.0. The Kier molecular flexibility index (Phi) is 8.74. The monoisotopic (exact) mass is 414 g/mol. The van der Waals surface area contributed by atoms with E-state index in [1.165, 1.54) is 6.26 Å². The standard InChI is InChI=1S/C22H30N4O4/c1-23-22(24-9-4-10-28-15-18-8-12-29-16-18)25-14-17-5-2-6-19(13-17)26-21(27)20-7-3-11-30-20/h2-3,5-7,11,13,18H,4,8-10,12,14-16H2,1H3,(H,26,27)(H2,23,24,25). The Morgan fingerprint density at radius 2 is 2.20 bits per heavy atom. The molecular weight excluding hydrogens is 384 g/mol. The lowest BCUT2D eigenvalue weighted by Crippen LogP contribution is -2.37. The fraction of sp³-hybridized carbons (Fsp3) is 0.455. The Hall–Kier alpha value is -2.84. The topological polar surface area (TPSA) is 97.1 Å². The zero-order valence-electron chi connectivity index (χ0n) is 17.4. The molecule has 30 heavy (non-hydrogen) atoms. The summed E-state index contributed by atoms with van der Waals surface area (Å²) in [5.41, 5.74) is 1.74. The first-order chi connectivity index (χ1) is 14.7. The van der Waals surface area contributed by atoms with E-state index in [2.05, 4.69) is 20.9 Å². The van der Waals surface area contributed by atoms with Gasteiger partial charge in [-0.05, 0) is 42.7 Å². The summed E-state index contributed by atoms with van der Waals surface area (Å²) in [5.74, 6) is 1.28. The lowest BCUT2D eigenvalue weighted by atomic mass is 10.1. The van der Waals surface area contributed by atoms with E-state index in [0.29, 0.717) is 18.2 Å². The summed E-state index contributed by atoms with van der Waals surface area (Å²) >= 11 is 0. The van der Waals surface area contributed by atoms with Crippen molar-refractivity contribution in [3.63, 3.8) is 0 Å². The maximum Gasteiger partial charge on any atom is 0.291 e. The molecule has 0 saturated carbocycles. The second-order valence-electron chi connectivity index (χ2n) is 7.14. The molecule has 1 aliphatic heterocycles. The number of nitrogens with zero attached hydrogens (tertiary/aromatic N) is 1. The van der Waals surface area contributed by atoms with E-state index < -0.39 is 0 Å². The van der Waals surface area contributed by atoms with Gasteiger partial charge in [0.05, 0.1) is 19.5 Å². The number of carbonyl (C=O) groups is 1. The van der Waals surface area contributed by atoms with Gasteiger partial charge in [-0.1, -0.05) is 12.1 Å². The van der Waals surface area contributed by atoms with Gasteiger partial charge in [-0.25, -0.2) is 0 Å². The van der Waals surface area contributed by atoms with Crippen molar-refractivity contribution in [3.05, 3.63) is 54.0 Å². The summed E-state index contributed by atoms with van der Waals surface area (Å²) in [6.07, 6.45) is 3.48. The minimum Gasteiger partial charge on any atom is -0.459 e. The van der Waals surface area contributed by atoms with Gasteiger partial charge in [0, 0.05) is 45.0 Å². The molecule has 1 atom stereocenters. The fourth-order valence-electron chi connectivity index (χ4n) is 3.11. The van der Waals surface area contributed by atoms with Crippen LogP contribution in [0.25, 0.3) is 0 Å². The van der Waals surface area contributed by atoms with Crippen molar-refractivity contribution in [1.29, 1.82) is 0 Å². The SMILES string of the molecule is CN=C(NCCCOCC1CCOC1)NCc1cccc(NC(=O)c2ccco2)c1. The van der Waals surface area contributed by atoms with Crippen LogP contribution in [0.3, 0.4) is 0 Å². The number of anilines is 1. The third-order valence-corrected chi connectivity index (χ3v) is 4.75. The van der Waals surface area contributed by atoms with Crippen LogP contribution in [0.5, 0.6) is 0 Å². The van der Waals surface area contributed by atoms with E-state index in [9.17, 15) is 4.79 Å². The van der Waals surface area contributed by atoms with E-state index in [1.54, 1.807) is 19.2 Å². The van der Waals surface area contributed by atoms with Crippen molar-refractivity contribution in [3.8, 4) is 0 Å². The predicted molar refractivity (Wildman–Crippen MR) is 116 cm³/mol. The minimum absolute atomic E-state index is 0.273. The van der Waals surface area contributed by atoms with E-state index in [0.717, 1.165) is 57.3 Å². The summed E-state index contributed by atoms with van der Waals surface area (Å²) in [4.78, 5) is 16.3. The highest BCUT2D eigenvalue weighted by Gasteiger charge is 2.15. The van der Waals surface area contributed by atoms with Gasteiger partial charge in [0.15, 0.2) is 11.7 Å². The third kappa shape index (κ3) is 7.20. The molecule has 0 bridgehead atoms. The lowest BCUT2D eigenvalue weighted by Gasteiger charge is -2.13. The third-order valence-electron chi connectivity index (χ3n) is 4.75. The molecule has 8 nitrogen and oxygen atoms in total. The Morgan fingerprint density at radius 1 is 1.27 bits per heavy atom. The van der Waals surface area contributed by atoms with Gasteiger partial charge >= 0.3 is 0 Å². The quantitative estimate of drug-likeness (QED) is 0.314. The largest absolute Gasteiger partial charge is 0.459 e. The van der Waals surface area contributed by atoms with Crippen LogP contribution in [0.4, 0.5) is 5.69 Å². The first kappa shape index (κ1) is 21.9. The fourth-order valence-corrected chi connectivity index (χ4v) is 3.11. The molecule has 0 aliphatic carbocycles. The van der Waals surface area contributed by atoms with Crippen molar-refractivity contribution < 1.29 is 18.7 Å². The Balaban J connectivity index is 1.34. The van der Waals surface area contributed by atoms with Crippen LogP contribution in [-0.2, 0) is 16.0 Å². The molecule has 0 spiro atoms. The van der Waals surface area contributed by atoms with Crippen molar-refractivity contribution in [2.45, 2.75) is 19.4 Å². The van der Waals surface area contributed by atoms with E-state index in [4.69, 9.17) is 13.9 Å². The van der Waals surface area contributed by atoms with Crippen LogP contribution in [-0.4, -0.2) is 51.9 Å². The average molecular weight is 415 g/mol. The molecule has 2 heterocycles. The molecule has 162 valence electrons. The first-order valence-corrected chi connectivity index (χ1v) is 10.3. The summed E-state index contributed by atoms with van der Waals surface area (Å²) in [5, 5.41) is 9.40. The number of ether oxygens (including phenoxy) is 2. The number of hydrogen-bond donors (Lipinski definition) is 3. The number of hydrogen-bond acceptors (Lipinski definition) is 5. The van der Waals surface area contributed by atoms with Crippen LogP contribution in [0.1, 0.15) is 29.0 Å². The molecule has 1 aliphatic rings. The van der Waals surface area contributed by atoms with Crippen LogP contribution in [0.2, 0.25) is 0 Å². The van der Waals surface area contributed by atoms with Crippen molar-refractivity contribution >= 4 is 17.6 Å².